The Morgan fingerprint density at radius 3 is 2.43 bits per heavy atom. The molecule has 0 bridgehead atoms. The first kappa shape index (κ1) is 14.5. The molecule has 0 saturated heterocycles. The summed E-state index contributed by atoms with van der Waals surface area (Å²) in [5, 5.41) is 9.83. The van der Waals surface area contributed by atoms with Crippen molar-refractivity contribution in [3.63, 3.8) is 0 Å². The lowest BCUT2D eigenvalue weighted by molar-refractivity contribution is 0.851. The van der Waals surface area contributed by atoms with Gasteiger partial charge in [0.05, 0.1) is 22.8 Å². The van der Waals surface area contributed by atoms with Crippen LogP contribution in [0.25, 0.3) is 0 Å². The summed E-state index contributed by atoms with van der Waals surface area (Å²) in [7, 11) is 0. The smallest absolute Gasteiger partial charge is 0.0874 e. The molecule has 2 nitrogen and oxygen atoms in total. The van der Waals surface area contributed by atoms with Crippen LogP contribution < -0.4 is 5.01 Å². The molecule has 0 spiro atoms. The van der Waals surface area contributed by atoms with Crippen molar-refractivity contribution in [2.45, 2.75) is 5.92 Å². The minimum absolute atomic E-state index is 0.283. The molecule has 0 radical (unpaired) electrons. The molecular formula is C19H15ClN2S. The number of hydrogen-bond donors (Lipinski definition) is 0. The first-order chi connectivity index (χ1) is 11.3. The first-order valence-electron chi connectivity index (χ1n) is 7.52. The van der Waals surface area contributed by atoms with E-state index in [4.69, 9.17) is 16.7 Å². The van der Waals surface area contributed by atoms with Gasteiger partial charge in [0, 0.05) is 10.9 Å². The van der Waals surface area contributed by atoms with Crippen LogP contribution in [0.5, 0.6) is 0 Å². The van der Waals surface area contributed by atoms with E-state index in [1.54, 1.807) is 11.3 Å². The van der Waals surface area contributed by atoms with E-state index in [-0.39, 0.29) is 5.92 Å². The van der Waals surface area contributed by atoms with Crippen LogP contribution in [0.2, 0.25) is 5.02 Å². The quantitative estimate of drug-likeness (QED) is 0.623. The second kappa shape index (κ2) is 6.19. The van der Waals surface area contributed by atoms with Crippen LogP contribution in [-0.4, -0.2) is 12.3 Å². The molecule has 4 heteroatoms. The third-order valence-electron chi connectivity index (χ3n) is 4.01. The maximum absolute atomic E-state index is 6.00. The summed E-state index contributed by atoms with van der Waals surface area (Å²) in [5.41, 5.74) is 3.51. The molecule has 1 atom stereocenters. The van der Waals surface area contributed by atoms with Gasteiger partial charge in [0.25, 0.3) is 0 Å². The number of benzene rings is 2. The van der Waals surface area contributed by atoms with Crippen LogP contribution in [0.3, 0.4) is 0 Å². The number of nitrogens with zero attached hydrogens (tertiary/aromatic N) is 2. The number of anilines is 1. The number of hydrogen-bond acceptors (Lipinski definition) is 3. The van der Waals surface area contributed by atoms with Gasteiger partial charge in [0.1, 0.15) is 0 Å². The van der Waals surface area contributed by atoms with Crippen molar-refractivity contribution in [3.8, 4) is 0 Å². The maximum atomic E-state index is 6.00. The Morgan fingerprint density at radius 1 is 0.957 bits per heavy atom. The molecule has 2 heterocycles. The predicted octanol–water partition coefficient (Wildman–Crippen LogP) is 5.41. The third-order valence-corrected chi connectivity index (χ3v) is 5.16. The van der Waals surface area contributed by atoms with Crippen LogP contribution in [0.1, 0.15) is 16.4 Å². The summed E-state index contributed by atoms with van der Waals surface area (Å²) in [6.45, 7) is 0.846. The van der Waals surface area contributed by atoms with Crippen LogP contribution in [-0.2, 0) is 0 Å². The van der Waals surface area contributed by atoms with Gasteiger partial charge in [-0.1, -0.05) is 48.0 Å². The van der Waals surface area contributed by atoms with E-state index < -0.39 is 0 Å². The summed E-state index contributed by atoms with van der Waals surface area (Å²) >= 11 is 7.74. The van der Waals surface area contributed by atoms with Gasteiger partial charge in [0.2, 0.25) is 0 Å². The Kier molecular flexibility index (Phi) is 3.90. The molecule has 0 fully saturated rings. The summed E-state index contributed by atoms with van der Waals surface area (Å²) in [4.78, 5) is 1.23. The summed E-state index contributed by atoms with van der Waals surface area (Å²) in [6.07, 6.45) is 0. The Morgan fingerprint density at radius 2 is 1.74 bits per heavy atom. The van der Waals surface area contributed by atoms with Crippen LogP contribution in [0.4, 0.5) is 5.69 Å². The molecule has 0 aliphatic carbocycles. The zero-order valence-electron chi connectivity index (χ0n) is 12.4. The SMILES string of the molecule is Clc1ccc(N2C[C@H](c3ccccc3)C(c3cccs3)=N2)cc1. The monoisotopic (exact) mass is 338 g/mol. The van der Waals surface area contributed by atoms with Crippen molar-refractivity contribution < 1.29 is 0 Å². The molecule has 4 rings (SSSR count). The first-order valence-corrected chi connectivity index (χ1v) is 8.77. The van der Waals surface area contributed by atoms with Gasteiger partial charge in [-0.15, -0.1) is 11.3 Å². The Labute approximate surface area is 144 Å². The van der Waals surface area contributed by atoms with Gasteiger partial charge in [0.15, 0.2) is 0 Å². The molecule has 2 aromatic carbocycles. The van der Waals surface area contributed by atoms with Crippen molar-refractivity contribution >= 4 is 34.3 Å². The average molecular weight is 339 g/mol. The topological polar surface area (TPSA) is 15.6 Å². The lowest BCUT2D eigenvalue weighted by atomic mass is 9.94. The highest BCUT2D eigenvalue weighted by Gasteiger charge is 2.30. The van der Waals surface area contributed by atoms with Gasteiger partial charge in [-0.2, -0.15) is 5.10 Å². The number of thiophene rings is 1. The van der Waals surface area contributed by atoms with E-state index in [9.17, 15) is 0 Å². The van der Waals surface area contributed by atoms with Crippen molar-refractivity contribution in [2.75, 3.05) is 11.6 Å². The van der Waals surface area contributed by atoms with Crippen molar-refractivity contribution in [1.82, 2.24) is 0 Å². The Hall–Kier alpha value is -2.10. The Balaban J connectivity index is 1.73. The van der Waals surface area contributed by atoms with Crippen molar-refractivity contribution in [2.24, 2.45) is 5.10 Å². The predicted molar refractivity (Wildman–Crippen MR) is 98.8 cm³/mol. The fraction of sp³-hybridized carbons (Fsp3) is 0.105. The fourth-order valence-corrected chi connectivity index (χ4v) is 3.76. The molecule has 1 aromatic heterocycles. The highest BCUT2D eigenvalue weighted by Crippen LogP contribution is 2.33. The summed E-state index contributed by atoms with van der Waals surface area (Å²) < 4.78 is 0. The molecule has 1 aliphatic rings. The molecule has 0 saturated carbocycles. The van der Waals surface area contributed by atoms with Crippen LogP contribution in [0, 0.1) is 0 Å². The third kappa shape index (κ3) is 2.90. The van der Waals surface area contributed by atoms with E-state index in [0.29, 0.717) is 0 Å². The molecule has 0 unspecified atom stereocenters. The van der Waals surface area contributed by atoms with E-state index in [0.717, 1.165) is 23.0 Å². The Bertz CT molecular complexity index is 810. The van der Waals surface area contributed by atoms with E-state index in [1.165, 1.54) is 10.4 Å². The molecule has 0 N–H and O–H groups in total. The number of rotatable bonds is 3. The lowest BCUT2D eigenvalue weighted by Crippen LogP contribution is -2.17. The molecule has 0 amide bonds. The van der Waals surface area contributed by atoms with Crippen LogP contribution >= 0.6 is 22.9 Å². The summed E-state index contributed by atoms with van der Waals surface area (Å²) in [5.74, 6) is 0.283. The van der Waals surface area contributed by atoms with E-state index in [2.05, 4.69) is 52.9 Å². The molecule has 3 aromatic rings. The highest BCUT2D eigenvalue weighted by atomic mass is 35.5. The van der Waals surface area contributed by atoms with E-state index >= 15 is 0 Å². The van der Waals surface area contributed by atoms with Gasteiger partial charge in [-0.3, -0.25) is 5.01 Å². The second-order valence-corrected chi connectivity index (χ2v) is 6.87. The van der Waals surface area contributed by atoms with E-state index in [1.807, 2.05) is 24.3 Å². The van der Waals surface area contributed by atoms with Crippen molar-refractivity contribution in [1.29, 1.82) is 0 Å². The van der Waals surface area contributed by atoms with Crippen molar-refractivity contribution in [3.05, 3.63) is 87.6 Å². The zero-order valence-corrected chi connectivity index (χ0v) is 14.0. The minimum atomic E-state index is 0.283. The molecule has 1 aliphatic heterocycles. The zero-order chi connectivity index (χ0) is 15.6. The largest absolute Gasteiger partial charge is 0.264 e. The normalized spacial score (nSPS) is 17.3. The molecule has 114 valence electrons. The highest BCUT2D eigenvalue weighted by molar-refractivity contribution is 7.12. The fourth-order valence-electron chi connectivity index (χ4n) is 2.87. The maximum Gasteiger partial charge on any atom is 0.0874 e. The standard InChI is InChI=1S/C19H15ClN2S/c20-15-8-10-16(11-9-15)22-13-17(14-5-2-1-3-6-14)19(21-22)18-7-4-12-23-18/h1-12,17H,13H2/t17-/m1/s1. The average Bonchev–Trinajstić information content (AvgIpc) is 3.26. The van der Waals surface area contributed by atoms with Gasteiger partial charge in [-0.05, 0) is 41.3 Å². The lowest BCUT2D eigenvalue weighted by Gasteiger charge is -2.16. The van der Waals surface area contributed by atoms with Gasteiger partial charge >= 0.3 is 0 Å². The van der Waals surface area contributed by atoms with Gasteiger partial charge in [-0.25, -0.2) is 0 Å². The summed E-state index contributed by atoms with van der Waals surface area (Å²) in [6, 6.07) is 22.7. The number of halogens is 1. The second-order valence-electron chi connectivity index (χ2n) is 5.48. The number of hydrazone groups is 1. The van der Waals surface area contributed by atoms with Crippen LogP contribution in [0.15, 0.2) is 77.2 Å². The molecule has 23 heavy (non-hydrogen) atoms. The minimum Gasteiger partial charge on any atom is -0.264 e. The molecular weight excluding hydrogens is 324 g/mol. The van der Waals surface area contributed by atoms with Gasteiger partial charge < -0.3 is 0 Å².